The van der Waals surface area contributed by atoms with Crippen molar-refractivity contribution in [2.45, 2.75) is 63.6 Å². The summed E-state index contributed by atoms with van der Waals surface area (Å²) in [4.78, 5) is 49.6. The Bertz CT molecular complexity index is 1570. The number of aromatic nitrogens is 2. The molecule has 0 saturated carbocycles. The van der Waals surface area contributed by atoms with E-state index in [-0.39, 0.29) is 23.7 Å². The lowest BCUT2D eigenvalue weighted by Crippen LogP contribution is -2.57. The van der Waals surface area contributed by atoms with Gasteiger partial charge in [-0.25, -0.2) is 9.59 Å². The molecule has 12 heteroatoms. The molecule has 6 rings (SSSR count). The summed E-state index contributed by atoms with van der Waals surface area (Å²) in [6.07, 6.45) is 4.22. The summed E-state index contributed by atoms with van der Waals surface area (Å²) in [7, 11) is 0. The van der Waals surface area contributed by atoms with Gasteiger partial charge in [0.15, 0.2) is 0 Å². The van der Waals surface area contributed by atoms with Gasteiger partial charge in [-0.2, -0.15) is 0 Å². The minimum absolute atomic E-state index is 0.00325. The van der Waals surface area contributed by atoms with E-state index in [4.69, 9.17) is 17.3 Å². The van der Waals surface area contributed by atoms with Crippen LogP contribution in [0.25, 0.3) is 11.0 Å². The second-order valence-corrected chi connectivity index (χ2v) is 13.0. The lowest BCUT2D eigenvalue weighted by atomic mass is 9.98. The number of nitrogens with one attached hydrogen (secondary N) is 3. The number of halogens is 1. The van der Waals surface area contributed by atoms with Crippen LogP contribution in [-0.2, 0) is 17.6 Å². The number of benzene rings is 2. The van der Waals surface area contributed by atoms with Crippen LogP contribution in [0.15, 0.2) is 41.2 Å². The van der Waals surface area contributed by atoms with E-state index in [1.807, 2.05) is 52.8 Å². The zero-order chi connectivity index (χ0) is 31.5. The van der Waals surface area contributed by atoms with E-state index in [1.165, 1.54) is 0 Å². The van der Waals surface area contributed by atoms with E-state index in [0.717, 1.165) is 67.6 Å². The molecule has 1 aromatic heterocycles. The molecule has 0 spiro atoms. The number of rotatable bonds is 7. The maximum Gasteiger partial charge on any atom is 0.326 e. The molecular weight excluding hydrogens is 592 g/mol. The van der Waals surface area contributed by atoms with Gasteiger partial charge >= 0.3 is 11.7 Å². The highest BCUT2D eigenvalue weighted by atomic mass is 35.5. The van der Waals surface area contributed by atoms with Crippen molar-refractivity contribution in [3.05, 3.63) is 63.0 Å². The summed E-state index contributed by atoms with van der Waals surface area (Å²) in [5.74, 6) is -0.0617. The molecule has 5 N–H and O–H groups in total. The van der Waals surface area contributed by atoms with Gasteiger partial charge in [0.2, 0.25) is 5.91 Å². The van der Waals surface area contributed by atoms with Crippen molar-refractivity contribution < 1.29 is 9.59 Å². The molecule has 45 heavy (non-hydrogen) atoms. The Kier molecular flexibility index (Phi) is 9.67. The summed E-state index contributed by atoms with van der Waals surface area (Å²) in [5, 5.41) is 6.98. The number of aryl methyl sites for hydroxylation is 1. The van der Waals surface area contributed by atoms with E-state index < -0.39 is 6.04 Å². The first-order valence-electron chi connectivity index (χ1n) is 16.4. The Morgan fingerprint density at radius 2 is 1.64 bits per heavy atom. The van der Waals surface area contributed by atoms with Gasteiger partial charge in [-0.15, -0.1) is 0 Å². The number of piperazine rings is 1. The number of carbonyl (C=O) groups excluding carboxylic acids is 2. The van der Waals surface area contributed by atoms with Crippen LogP contribution >= 0.6 is 11.6 Å². The molecule has 3 amide bonds. The van der Waals surface area contributed by atoms with Crippen molar-refractivity contribution in [3.63, 3.8) is 0 Å². The van der Waals surface area contributed by atoms with E-state index in [2.05, 4.69) is 20.5 Å². The number of nitrogens with zero attached hydrogens (tertiary/aromatic N) is 4. The van der Waals surface area contributed by atoms with E-state index >= 15 is 0 Å². The molecule has 3 fully saturated rings. The molecule has 3 aromatic rings. The van der Waals surface area contributed by atoms with Gasteiger partial charge in [-0.3, -0.25) is 14.3 Å². The number of imidazole rings is 1. The molecule has 2 aromatic carbocycles. The zero-order valence-electron chi connectivity index (χ0n) is 26.1. The SMILES string of the molecule is CCc1cc(C[C@@H](NC(=O)N2CCC(n3c(=O)[nH]c4ccccc43)CC2)C(=O)N2CCC(N3CCNCC3)CC2)cc(Cl)c1N. The number of likely N-dealkylation sites (tertiary alicyclic amines) is 2. The first-order chi connectivity index (χ1) is 21.8. The van der Waals surface area contributed by atoms with Crippen LogP contribution in [0.2, 0.25) is 5.02 Å². The average molecular weight is 637 g/mol. The number of fused-ring (bicyclic) bond motifs is 1. The second kappa shape index (κ2) is 13.8. The monoisotopic (exact) mass is 636 g/mol. The molecule has 242 valence electrons. The van der Waals surface area contributed by atoms with Crippen molar-refractivity contribution >= 4 is 40.3 Å². The number of H-pyrrole nitrogens is 1. The molecule has 3 saturated heterocycles. The molecular formula is C33H45ClN8O3. The molecule has 0 bridgehead atoms. The minimum Gasteiger partial charge on any atom is -0.397 e. The van der Waals surface area contributed by atoms with Crippen LogP contribution in [0, 0.1) is 0 Å². The van der Waals surface area contributed by atoms with Crippen molar-refractivity contribution in [1.82, 2.24) is 34.9 Å². The number of anilines is 1. The number of hydrogen-bond acceptors (Lipinski definition) is 6. The van der Waals surface area contributed by atoms with Gasteiger partial charge in [0.05, 0.1) is 21.7 Å². The first kappa shape index (κ1) is 31.4. The Hall–Kier alpha value is -3.54. The van der Waals surface area contributed by atoms with Gasteiger partial charge in [-0.1, -0.05) is 36.7 Å². The molecule has 0 radical (unpaired) electrons. The Labute approximate surface area is 269 Å². The van der Waals surface area contributed by atoms with Crippen LogP contribution in [0.4, 0.5) is 10.5 Å². The topological polar surface area (TPSA) is 132 Å². The standard InChI is InChI=1S/C33H45ClN8O3/c1-2-23-19-22(20-26(34)30(23)35)21-28(31(43)40-13-7-24(8-14-40)39-17-11-36-12-18-39)38-32(44)41-15-9-25(10-16-41)42-29-6-4-3-5-27(29)37-33(42)45/h3-6,19-20,24-25,28,36H,2,7-18,21,35H2,1H3,(H,37,45)(H,38,44)/t28-/m1/s1. The highest BCUT2D eigenvalue weighted by Crippen LogP contribution is 2.28. The third-order valence-corrected chi connectivity index (χ3v) is 10.2. The van der Waals surface area contributed by atoms with Gasteiger partial charge in [0.1, 0.15) is 6.04 Å². The van der Waals surface area contributed by atoms with E-state index in [1.54, 1.807) is 4.90 Å². The van der Waals surface area contributed by atoms with Crippen LogP contribution in [0.5, 0.6) is 0 Å². The fourth-order valence-electron chi connectivity index (χ4n) is 7.31. The normalized spacial score (nSPS) is 19.6. The Morgan fingerprint density at radius 3 is 2.36 bits per heavy atom. The fourth-order valence-corrected chi connectivity index (χ4v) is 7.57. The number of carbonyl (C=O) groups is 2. The summed E-state index contributed by atoms with van der Waals surface area (Å²) in [6.45, 7) is 8.45. The highest BCUT2D eigenvalue weighted by Gasteiger charge is 2.34. The zero-order valence-corrected chi connectivity index (χ0v) is 26.8. The number of para-hydroxylation sites is 2. The fraction of sp³-hybridized carbons (Fsp3) is 0.545. The maximum absolute atomic E-state index is 14.0. The smallest absolute Gasteiger partial charge is 0.326 e. The Morgan fingerprint density at radius 1 is 0.978 bits per heavy atom. The van der Waals surface area contributed by atoms with Gasteiger partial charge in [0.25, 0.3) is 0 Å². The maximum atomic E-state index is 14.0. The number of piperidine rings is 2. The highest BCUT2D eigenvalue weighted by molar-refractivity contribution is 6.33. The van der Waals surface area contributed by atoms with Crippen molar-refractivity contribution in [2.75, 3.05) is 58.1 Å². The molecule has 3 aliphatic rings. The minimum atomic E-state index is -0.730. The molecule has 11 nitrogen and oxygen atoms in total. The summed E-state index contributed by atoms with van der Waals surface area (Å²) in [5.41, 5.74) is 10.1. The molecule has 0 unspecified atom stereocenters. The quantitative estimate of drug-likeness (QED) is 0.295. The molecule has 3 aliphatic heterocycles. The van der Waals surface area contributed by atoms with Crippen molar-refractivity contribution in [1.29, 1.82) is 0 Å². The number of nitrogens with two attached hydrogens (primary N) is 1. The van der Waals surface area contributed by atoms with Gasteiger partial charge < -0.3 is 31.2 Å². The number of urea groups is 1. The largest absolute Gasteiger partial charge is 0.397 e. The number of hydrogen-bond donors (Lipinski definition) is 4. The van der Waals surface area contributed by atoms with Crippen LogP contribution in [-0.4, -0.2) is 101 Å². The van der Waals surface area contributed by atoms with Crippen LogP contribution in [0.3, 0.4) is 0 Å². The summed E-state index contributed by atoms with van der Waals surface area (Å²) in [6, 6.07) is 11.0. The third-order valence-electron chi connectivity index (χ3n) is 9.88. The number of aromatic amines is 1. The summed E-state index contributed by atoms with van der Waals surface area (Å²) < 4.78 is 1.82. The Balaban J connectivity index is 1.14. The molecule has 0 aliphatic carbocycles. The van der Waals surface area contributed by atoms with Crippen molar-refractivity contribution in [3.8, 4) is 0 Å². The van der Waals surface area contributed by atoms with E-state index in [9.17, 15) is 14.4 Å². The number of nitrogen functional groups attached to an aromatic ring is 1. The van der Waals surface area contributed by atoms with Crippen molar-refractivity contribution in [2.24, 2.45) is 0 Å². The first-order valence-corrected chi connectivity index (χ1v) is 16.7. The van der Waals surface area contributed by atoms with Gasteiger partial charge in [0, 0.05) is 70.9 Å². The predicted molar refractivity (Wildman–Crippen MR) is 178 cm³/mol. The predicted octanol–water partition coefficient (Wildman–Crippen LogP) is 2.98. The molecule has 1 atom stereocenters. The summed E-state index contributed by atoms with van der Waals surface area (Å²) >= 11 is 6.48. The lowest BCUT2D eigenvalue weighted by molar-refractivity contribution is -0.134. The third kappa shape index (κ3) is 6.85. The van der Waals surface area contributed by atoms with Crippen LogP contribution in [0.1, 0.15) is 49.8 Å². The second-order valence-electron chi connectivity index (χ2n) is 12.6. The number of amides is 3. The molecule has 4 heterocycles. The van der Waals surface area contributed by atoms with E-state index in [0.29, 0.717) is 62.2 Å². The average Bonchev–Trinajstić information content (AvgIpc) is 3.41. The van der Waals surface area contributed by atoms with Gasteiger partial charge in [-0.05, 0) is 61.4 Å². The van der Waals surface area contributed by atoms with Crippen LogP contribution < -0.4 is 22.1 Å². The lowest BCUT2D eigenvalue weighted by Gasteiger charge is -2.41.